The normalized spacial score (nSPS) is 16.1. The summed E-state index contributed by atoms with van der Waals surface area (Å²) < 4.78 is 0. The summed E-state index contributed by atoms with van der Waals surface area (Å²) in [6, 6.07) is 9.26. The summed E-state index contributed by atoms with van der Waals surface area (Å²) in [5.74, 6) is 0.903. The van der Waals surface area contributed by atoms with Crippen molar-refractivity contribution < 1.29 is 4.79 Å². The van der Waals surface area contributed by atoms with E-state index in [9.17, 15) is 4.79 Å². The van der Waals surface area contributed by atoms with E-state index in [2.05, 4.69) is 15.3 Å². The summed E-state index contributed by atoms with van der Waals surface area (Å²) >= 11 is 13.6. The summed E-state index contributed by atoms with van der Waals surface area (Å²) in [5.41, 5.74) is 1.78. The summed E-state index contributed by atoms with van der Waals surface area (Å²) in [7, 11) is 0. The molecule has 0 unspecified atom stereocenters. The van der Waals surface area contributed by atoms with Crippen molar-refractivity contribution in [1.82, 2.24) is 10.3 Å². The largest absolute Gasteiger partial charge is 0.341 e. The second-order valence-electron chi connectivity index (χ2n) is 4.59. The third kappa shape index (κ3) is 3.27. The highest BCUT2D eigenvalue weighted by atomic mass is 35.5. The van der Waals surface area contributed by atoms with Crippen LogP contribution in [-0.2, 0) is 11.2 Å². The number of aromatic nitrogens is 1. The minimum absolute atomic E-state index is 0.164. The summed E-state index contributed by atoms with van der Waals surface area (Å²) in [4.78, 5) is 20.3. The molecule has 0 aliphatic carbocycles. The molecule has 2 heterocycles. The van der Waals surface area contributed by atoms with Crippen LogP contribution in [0.4, 0.5) is 5.82 Å². The van der Waals surface area contributed by atoms with Crippen LogP contribution in [0, 0.1) is 0 Å². The molecule has 7 heteroatoms. The molecule has 1 aliphatic heterocycles. The zero-order valence-corrected chi connectivity index (χ0v) is 13.7. The Morgan fingerprint density at radius 1 is 1.23 bits per heavy atom. The minimum atomic E-state index is -0.164. The summed E-state index contributed by atoms with van der Waals surface area (Å²) in [5, 5.41) is 4.17. The van der Waals surface area contributed by atoms with Crippen molar-refractivity contribution >= 4 is 51.7 Å². The van der Waals surface area contributed by atoms with Crippen molar-refractivity contribution in [2.24, 2.45) is 4.99 Å². The number of carbonyl (C=O) groups is 1. The molecular weight excluding hydrogens is 341 g/mol. The molecule has 0 bridgehead atoms. The van der Waals surface area contributed by atoms with Crippen LogP contribution in [0.3, 0.4) is 0 Å². The van der Waals surface area contributed by atoms with Crippen LogP contribution in [0.15, 0.2) is 41.5 Å². The molecule has 0 saturated carbocycles. The van der Waals surface area contributed by atoms with Crippen molar-refractivity contribution in [3.63, 3.8) is 0 Å². The Bertz CT molecular complexity index is 764. The van der Waals surface area contributed by atoms with Crippen LogP contribution < -0.4 is 5.32 Å². The number of thioether (sulfide) groups is 1. The smallest absolute Gasteiger partial charge is 0.277 e. The van der Waals surface area contributed by atoms with E-state index in [0.29, 0.717) is 33.2 Å². The van der Waals surface area contributed by atoms with Gasteiger partial charge >= 0.3 is 0 Å². The molecule has 0 spiro atoms. The zero-order chi connectivity index (χ0) is 15.5. The molecule has 0 radical (unpaired) electrons. The van der Waals surface area contributed by atoms with Gasteiger partial charge in [-0.25, -0.2) is 9.98 Å². The van der Waals surface area contributed by atoms with Gasteiger partial charge in [0, 0.05) is 18.2 Å². The molecular formula is C15H11Cl2N3OS. The highest BCUT2D eigenvalue weighted by Crippen LogP contribution is 2.29. The van der Waals surface area contributed by atoms with E-state index in [0.717, 1.165) is 11.1 Å². The van der Waals surface area contributed by atoms with Crippen molar-refractivity contribution in [3.05, 3.63) is 57.7 Å². The Morgan fingerprint density at radius 3 is 2.82 bits per heavy atom. The van der Waals surface area contributed by atoms with E-state index in [-0.39, 0.29) is 5.91 Å². The molecule has 2 aromatic rings. The molecule has 1 saturated heterocycles. The number of nitrogens with zero attached hydrogens (tertiary/aromatic N) is 2. The van der Waals surface area contributed by atoms with Crippen LogP contribution in [-0.4, -0.2) is 21.8 Å². The molecule has 1 fully saturated rings. The molecule has 1 aromatic carbocycles. The Labute approximate surface area is 141 Å². The van der Waals surface area contributed by atoms with E-state index < -0.39 is 0 Å². The van der Waals surface area contributed by atoms with Crippen LogP contribution >= 0.6 is 35.0 Å². The number of nitrogens with one attached hydrogen (secondary N) is 1. The molecule has 4 nitrogen and oxygen atoms in total. The quantitative estimate of drug-likeness (QED) is 0.913. The number of hydrogen-bond donors (Lipinski definition) is 1. The summed E-state index contributed by atoms with van der Waals surface area (Å²) in [6.07, 6.45) is 2.20. The molecule has 1 aliphatic rings. The van der Waals surface area contributed by atoms with Gasteiger partial charge in [0.2, 0.25) is 0 Å². The van der Waals surface area contributed by atoms with Crippen molar-refractivity contribution in [1.29, 1.82) is 0 Å². The van der Waals surface area contributed by atoms with Crippen LogP contribution in [0.5, 0.6) is 0 Å². The molecule has 112 valence electrons. The fraction of sp³-hybridized carbons (Fsp3) is 0.133. The Hall–Kier alpha value is -1.56. The van der Waals surface area contributed by atoms with Crippen molar-refractivity contribution in [2.75, 3.05) is 5.88 Å². The number of rotatable bonds is 3. The average Bonchev–Trinajstić information content (AvgIpc) is 2.91. The maximum atomic E-state index is 11.6. The lowest BCUT2D eigenvalue weighted by molar-refractivity contribution is -0.113. The molecule has 22 heavy (non-hydrogen) atoms. The predicted octanol–water partition coefficient (Wildman–Crippen LogP) is 3.83. The number of carbonyl (C=O) groups excluding carboxylic acids is 1. The van der Waals surface area contributed by atoms with Crippen molar-refractivity contribution in [2.45, 2.75) is 6.42 Å². The Morgan fingerprint density at radius 2 is 2.05 bits per heavy atom. The lowest BCUT2D eigenvalue weighted by Gasteiger charge is -2.08. The number of hydrogen-bond acceptors (Lipinski definition) is 4. The van der Waals surface area contributed by atoms with Crippen LogP contribution in [0.2, 0.25) is 10.0 Å². The third-order valence-corrected chi connectivity index (χ3v) is 4.82. The second kappa shape index (κ2) is 6.69. The second-order valence-corrected chi connectivity index (χ2v) is 6.34. The molecule has 1 N–H and O–H groups in total. The summed E-state index contributed by atoms with van der Waals surface area (Å²) in [6.45, 7) is 0. The van der Waals surface area contributed by atoms with Gasteiger partial charge in [-0.15, -0.1) is 0 Å². The van der Waals surface area contributed by atoms with E-state index in [1.807, 2.05) is 24.3 Å². The first-order valence-corrected chi connectivity index (χ1v) is 8.26. The van der Waals surface area contributed by atoms with Gasteiger partial charge in [0.25, 0.3) is 5.91 Å². The van der Waals surface area contributed by atoms with Crippen LogP contribution in [0.25, 0.3) is 0 Å². The van der Waals surface area contributed by atoms with E-state index in [1.165, 1.54) is 11.8 Å². The van der Waals surface area contributed by atoms with E-state index in [4.69, 9.17) is 23.2 Å². The number of aliphatic imine (C=N–C) groups is 1. The van der Waals surface area contributed by atoms with Crippen molar-refractivity contribution in [3.8, 4) is 0 Å². The van der Waals surface area contributed by atoms with Gasteiger partial charge in [-0.2, -0.15) is 0 Å². The maximum absolute atomic E-state index is 11.6. The lowest BCUT2D eigenvalue weighted by atomic mass is 10.1. The van der Waals surface area contributed by atoms with Gasteiger partial charge in [0.15, 0.2) is 10.9 Å². The van der Waals surface area contributed by atoms with Gasteiger partial charge in [-0.05, 0) is 17.7 Å². The van der Waals surface area contributed by atoms with E-state index in [1.54, 1.807) is 12.3 Å². The first-order valence-electron chi connectivity index (χ1n) is 6.51. The number of amides is 1. The van der Waals surface area contributed by atoms with E-state index >= 15 is 0 Å². The highest BCUT2D eigenvalue weighted by molar-refractivity contribution is 8.16. The van der Waals surface area contributed by atoms with Gasteiger partial charge in [0.05, 0.1) is 15.9 Å². The monoisotopic (exact) mass is 351 g/mol. The maximum Gasteiger partial charge on any atom is 0.277 e. The highest BCUT2D eigenvalue weighted by Gasteiger charge is 2.20. The molecule has 1 amide bonds. The predicted molar refractivity (Wildman–Crippen MR) is 91.2 cm³/mol. The van der Waals surface area contributed by atoms with Gasteiger partial charge in [0.1, 0.15) is 0 Å². The topological polar surface area (TPSA) is 54.4 Å². The fourth-order valence-electron chi connectivity index (χ4n) is 2.05. The Balaban J connectivity index is 1.95. The number of benzene rings is 1. The molecule has 0 atom stereocenters. The first-order chi connectivity index (χ1) is 10.6. The molecule has 1 aromatic heterocycles. The number of halogens is 2. The first kappa shape index (κ1) is 15.3. The fourth-order valence-corrected chi connectivity index (χ4v) is 3.13. The van der Waals surface area contributed by atoms with Gasteiger partial charge in [-0.3, -0.25) is 4.79 Å². The number of pyridine rings is 1. The minimum Gasteiger partial charge on any atom is -0.341 e. The lowest BCUT2D eigenvalue weighted by Crippen LogP contribution is -2.18. The van der Waals surface area contributed by atoms with Gasteiger partial charge in [-0.1, -0.05) is 53.2 Å². The van der Waals surface area contributed by atoms with Crippen LogP contribution in [0.1, 0.15) is 11.1 Å². The zero-order valence-electron chi connectivity index (χ0n) is 11.3. The average molecular weight is 352 g/mol. The third-order valence-electron chi connectivity index (χ3n) is 3.12. The molecule has 3 rings (SSSR count). The standard InChI is InChI=1S/C15H11Cl2N3OS/c16-11-5-1-3-9(12(11)17)7-10-4-2-6-18-13(10)20-15-14(21)19-8-22-15/h1-6H,7-8H2,(H,19,21). The van der Waals surface area contributed by atoms with Gasteiger partial charge < -0.3 is 5.32 Å². The SMILES string of the molecule is O=C1NCSC1=Nc1ncccc1Cc1cccc(Cl)c1Cl. The Kier molecular flexibility index (Phi) is 4.66.